The van der Waals surface area contributed by atoms with Crippen molar-refractivity contribution in [3.8, 4) is 0 Å². The minimum atomic E-state index is -0.724. The smallest absolute Gasteiger partial charge is 0.306 e. The fourth-order valence-corrected chi connectivity index (χ4v) is 3.70. The summed E-state index contributed by atoms with van der Waals surface area (Å²) in [6, 6.07) is 0. The Kier molecular flexibility index (Phi) is 4.69. The van der Waals surface area contributed by atoms with Crippen LogP contribution in [0.2, 0.25) is 0 Å². The van der Waals surface area contributed by atoms with Crippen molar-refractivity contribution in [1.29, 1.82) is 0 Å². The van der Waals surface area contributed by atoms with Crippen LogP contribution in [-0.4, -0.2) is 34.3 Å². The lowest BCUT2D eigenvalue weighted by molar-refractivity contribution is -0.145. The summed E-state index contributed by atoms with van der Waals surface area (Å²) in [5.74, 6) is -0.783. The Bertz CT molecular complexity index is 434. The number of carbonyl (C=O) groups is 3. The summed E-state index contributed by atoms with van der Waals surface area (Å²) in [4.78, 5) is 37.1. The number of likely N-dealkylation sites (tertiary alicyclic amines) is 1. The number of hydrogen-bond acceptors (Lipinski definition) is 3. The molecule has 0 bridgehead atoms. The molecule has 0 unspecified atom stereocenters. The SMILES string of the molecule is CCC1(CC)CC(=O)N(CC2CCC(C(=O)O)CC2)C1=O. The van der Waals surface area contributed by atoms with Crippen molar-refractivity contribution in [3.05, 3.63) is 0 Å². The molecule has 5 nitrogen and oxygen atoms in total. The number of nitrogens with zero attached hydrogens (tertiary/aromatic N) is 1. The van der Waals surface area contributed by atoms with Crippen LogP contribution in [0.25, 0.3) is 0 Å². The first kappa shape index (κ1) is 16.0. The Morgan fingerprint density at radius 1 is 1.19 bits per heavy atom. The van der Waals surface area contributed by atoms with Crippen LogP contribution in [0.3, 0.4) is 0 Å². The number of aliphatic carboxylic acids is 1. The zero-order valence-corrected chi connectivity index (χ0v) is 12.9. The maximum atomic E-state index is 12.6. The van der Waals surface area contributed by atoms with Crippen molar-refractivity contribution in [1.82, 2.24) is 4.90 Å². The molecule has 0 aromatic carbocycles. The first-order valence-electron chi connectivity index (χ1n) is 8.01. The summed E-state index contributed by atoms with van der Waals surface area (Å²) in [5.41, 5.74) is -0.491. The van der Waals surface area contributed by atoms with E-state index in [0.717, 1.165) is 12.8 Å². The molecule has 1 aliphatic heterocycles. The zero-order valence-electron chi connectivity index (χ0n) is 12.9. The second kappa shape index (κ2) is 6.16. The van der Waals surface area contributed by atoms with E-state index in [2.05, 4.69) is 0 Å². The second-order valence-electron chi connectivity index (χ2n) is 6.53. The van der Waals surface area contributed by atoms with Crippen LogP contribution >= 0.6 is 0 Å². The molecular weight excluding hydrogens is 270 g/mol. The minimum Gasteiger partial charge on any atom is -0.481 e. The molecule has 2 rings (SSSR count). The molecule has 0 aromatic rings. The Hall–Kier alpha value is -1.39. The summed E-state index contributed by atoms with van der Waals surface area (Å²) in [7, 11) is 0. The molecule has 1 saturated heterocycles. The third-order valence-corrected chi connectivity index (χ3v) is 5.48. The normalized spacial score (nSPS) is 29.0. The van der Waals surface area contributed by atoms with Gasteiger partial charge in [-0.25, -0.2) is 0 Å². The molecule has 2 amide bonds. The lowest BCUT2D eigenvalue weighted by Gasteiger charge is -2.30. The number of amides is 2. The average molecular weight is 295 g/mol. The monoisotopic (exact) mass is 295 g/mol. The maximum Gasteiger partial charge on any atom is 0.306 e. The van der Waals surface area contributed by atoms with E-state index >= 15 is 0 Å². The number of carbonyl (C=O) groups excluding carboxylic acids is 2. The molecule has 1 aliphatic carbocycles. The van der Waals surface area contributed by atoms with Crippen molar-refractivity contribution in [2.75, 3.05) is 6.54 Å². The van der Waals surface area contributed by atoms with Crippen LogP contribution < -0.4 is 0 Å². The van der Waals surface area contributed by atoms with Crippen LogP contribution in [0.15, 0.2) is 0 Å². The highest BCUT2D eigenvalue weighted by Gasteiger charge is 2.49. The topological polar surface area (TPSA) is 74.7 Å². The van der Waals surface area contributed by atoms with Gasteiger partial charge in [-0.1, -0.05) is 13.8 Å². The lowest BCUT2D eigenvalue weighted by Crippen LogP contribution is -2.39. The number of carboxylic acid groups (broad SMARTS) is 1. The van der Waals surface area contributed by atoms with Crippen LogP contribution in [0, 0.1) is 17.3 Å². The van der Waals surface area contributed by atoms with Crippen molar-refractivity contribution in [3.63, 3.8) is 0 Å². The van der Waals surface area contributed by atoms with Crippen molar-refractivity contribution >= 4 is 17.8 Å². The fraction of sp³-hybridized carbons (Fsp3) is 0.812. The molecule has 1 N–H and O–H groups in total. The van der Waals surface area contributed by atoms with Gasteiger partial charge in [0.05, 0.1) is 11.3 Å². The van der Waals surface area contributed by atoms with Gasteiger partial charge in [0.15, 0.2) is 0 Å². The third kappa shape index (κ3) is 2.97. The van der Waals surface area contributed by atoms with Gasteiger partial charge >= 0.3 is 5.97 Å². The first-order chi connectivity index (χ1) is 9.93. The molecule has 2 aliphatic rings. The Morgan fingerprint density at radius 2 is 1.76 bits per heavy atom. The van der Waals surface area contributed by atoms with Gasteiger partial charge in [0, 0.05) is 13.0 Å². The molecule has 5 heteroatoms. The van der Waals surface area contributed by atoms with E-state index in [1.165, 1.54) is 4.90 Å². The van der Waals surface area contributed by atoms with Gasteiger partial charge in [-0.05, 0) is 44.4 Å². The molecule has 21 heavy (non-hydrogen) atoms. The van der Waals surface area contributed by atoms with Crippen LogP contribution in [0.5, 0.6) is 0 Å². The number of hydrogen-bond donors (Lipinski definition) is 1. The van der Waals surface area contributed by atoms with Gasteiger partial charge in [-0.3, -0.25) is 19.3 Å². The third-order valence-electron chi connectivity index (χ3n) is 5.48. The number of rotatable bonds is 5. The van der Waals surface area contributed by atoms with Gasteiger partial charge in [-0.2, -0.15) is 0 Å². The molecule has 2 fully saturated rings. The van der Waals surface area contributed by atoms with Crippen molar-refractivity contribution in [2.24, 2.45) is 17.3 Å². The molecule has 118 valence electrons. The Labute approximate surface area is 125 Å². The first-order valence-corrected chi connectivity index (χ1v) is 8.01. The second-order valence-corrected chi connectivity index (χ2v) is 6.53. The summed E-state index contributed by atoms with van der Waals surface area (Å²) in [6.45, 7) is 4.41. The molecular formula is C16H25NO4. The predicted molar refractivity (Wildman–Crippen MR) is 77.4 cm³/mol. The fourth-order valence-electron chi connectivity index (χ4n) is 3.70. The zero-order chi connectivity index (χ0) is 15.6. The highest BCUT2D eigenvalue weighted by atomic mass is 16.4. The number of imide groups is 1. The van der Waals surface area contributed by atoms with Gasteiger partial charge in [0.2, 0.25) is 11.8 Å². The highest BCUT2D eigenvalue weighted by molar-refractivity contribution is 6.05. The van der Waals surface area contributed by atoms with E-state index in [1.807, 2.05) is 13.8 Å². The largest absolute Gasteiger partial charge is 0.481 e. The van der Waals surface area contributed by atoms with Gasteiger partial charge < -0.3 is 5.11 Å². The van der Waals surface area contributed by atoms with E-state index in [-0.39, 0.29) is 23.7 Å². The van der Waals surface area contributed by atoms with Crippen LogP contribution in [0.1, 0.15) is 58.8 Å². The average Bonchev–Trinajstić information content (AvgIpc) is 2.72. The molecule has 0 spiro atoms. The summed E-state index contributed by atoms with van der Waals surface area (Å²) < 4.78 is 0. The van der Waals surface area contributed by atoms with Crippen molar-refractivity contribution in [2.45, 2.75) is 58.8 Å². The molecule has 1 saturated carbocycles. The molecule has 0 radical (unpaired) electrons. The predicted octanol–water partition coefficient (Wildman–Crippen LogP) is 2.44. The summed E-state index contributed by atoms with van der Waals surface area (Å²) >= 11 is 0. The standard InChI is InChI=1S/C16H25NO4/c1-3-16(4-2)9-13(18)17(15(16)21)10-11-5-7-12(8-6-11)14(19)20/h11-12H,3-10H2,1-2H3,(H,19,20). The van der Waals surface area contributed by atoms with E-state index in [9.17, 15) is 14.4 Å². The van der Waals surface area contributed by atoms with Gasteiger partial charge in [-0.15, -0.1) is 0 Å². The van der Waals surface area contributed by atoms with E-state index in [1.54, 1.807) is 0 Å². The van der Waals surface area contributed by atoms with E-state index < -0.39 is 11.4 Å². The molecule has 1 heterocycles. The van der Waals surface area contributed by atoms with Crippen molar-refractivity contribution < 1.29 is 19.5 Å². The van der Waals surface area contributed by atoms with Crippen LogP contribution in [-0.2, 0) is 14.4 Å². The van der Waals surface area contributed by atoms with E-state index in [4.69, 9.17) is 5.11 Å². The highest BCUT2D eigenvalue weighted by Crippen LogP contribution is 2.40. The lowest BCUT2D eigenvalue weighted by atomic mass is 9.80. The number of carboxylic acids is 1. The Morgan fingerprint density at radius 3 is 2.19 bits per heavy atom. The summed E-state index contributed by atoms with van der Waals surface area (Å²) in [5, 5.41) is 9.01. The van der Waals surface area contributed by atoms with Crippen LogP contribution in [0.4, 0.5) is 0 Å². The molecule has 0 atom stereocenters. The van der Waals surface area contributed by atoms with E-state index in [0.29, 0.717) is 38.6 Å². The quantitative estimate of drug-likeness (QED) is 0.790. The minimum absolute atomic E-state index is 0.0159. The summed E-state index contributed by atoms with van der Waals surface area (Å²) in [6.07, 6.45) is 4.64. The maximum absolute atomic E-state index is 12.6. The molecule has 0 aromatic heterocycles. The Balaban J connectivity index is 1.96. The van der Waals surface area contributed by atoms with Gasteiger partial charge in [0.25, 0.3) is 0 Å². The van der Waals surface area contributed by atoms with Gasteiger partial charge in [0.1, 0.15) is 0 Å².